The van der Waals surface area contributed by atoms with Gasteiger partial charge < -0.3 is 9.30 Å². The van der Waals surface area contributed by atoms with E-state index < -0.39 is 0 Å². The van der Waals surface area contributed by atoms with Gasteiger partial charge in [0.1, 0.15) is 5.75 Å². The molecule has 18 heavy (non-hydrogen) atoms. The predicted octanol–water partition coefficient (Wildman–Crippen LogP) is 3.10. The van der Waals surface area contributed by atoms with Crippen molar-refractivity contribution in [2.75, 3.05) is 7.11 Å². The molecule has 1 heterocycles. The molecule has 0 saturated carbocycles. The SMILES string of the molecule is COc1ccc(/C(C#N)=C/c2cccn2C)cc1. The molecule has 0 bridgehead atoms. The minimum Gasteiger partial charge on any atom is -0.497 e. The second kappa shape index (κ2) is 5.24. The lowest BCUT2D eigenvalue weighted by atomic mass is 10.1. The Balaban J connectivity index is 2.37. The number of hydrogen-bond donors (Lipinski definition) is 0. The van der Waals surface area contributed by atoms with Crippen LogP contribution in [0.5, 0.6) is 5.75 Å². The van der Waals surface area contributed by atoms with Crippen molar-refractivity contribution >= 4 is 11.6 Å². The highest BCUT2D eigenvalue weighted by Gasteiger charge is 2.02. The smallest absolute Gasteiger partial charge is 0.118 e. The number of aromatic nitrogens is 1. The fourth-order valence-electron chi connectivity index (χ4n) is 1.72. The van der Waals surface area contributed by atoms with Crippen LogP contribution in [0.25, 0.3) is 11.6 Å². The quantitative estimate of drug-likeness (QED) is 0.770. The molecule has 0 saturated heterocycles. The van der Waals surface area contributed by atoms with Crippen LogP contribution in [0.15, 0.2) is 42.6 Å². The Labute approximate surface area is 107 Å². The summed E-state index contributed by atoms with van der Waals surface area (Å²) in [6.07, 6.45) is 3.83. The van der Waals surface area contributed by atoms with E-state index in [4.69, 9.17) is 4.74 Å². The summed E-state index contributed by atoms with van der Waals surface area (Å²) >= 11 is 0. The predicted molar refractivity (Wildman–Crippen MR) is 71.9 cm³/mol. The van der Waals surface area contributed by atoms with Crippen molar-refractivity contribution in [3.63, 3.8) is 0 Å². The highest BCUT2D eigenvalue weighted by molar-refractivity contribution is 5.89. The van der Waals surface area contributed by atoms with Gasteiger partial charge in [-0.05, 0) is 48.0 Å². The maximum absolute atomic E-state index is 9.24. The Morgan fingerprint density at radius 3 is 2.50 bits per heavy atom. The number of hydrogen-bond acceptors (Lipinski definition) is 2. The zero-order chi connectivity index (χ0) is 13.0. The molecule has 1 aromatic carbocycles. The first-order chi connectivity index (χ1) is 8.74. The zero-order valence-corrected chi connectivity index (χ0v) is 10.4. The van der Waals surface area contributed by atoms with Crippen molar-refractivity contribution in [3.05, 3.63) is 53.9 Å². The Morgan fingerprint density at radius 2 is 2.00 bits per heavy atom. The Morgan fingerprint density at radius 1 is 1.28 bits per heavy atom. The molecule has 0 aliphatic carbocycles. The monoisotopic (exact) mass is 238 g/mol. The molecule has 0 aliphatic heterocycles. The topological polar surface area (TPSA) is 37.9 Å². The number of methoxy groups -OCH3 is 1. The molecule has 0 fully saturated rings. The summed E-state index contributed by atoms with van der Waals surface area (Å²) in [6.45, 7) is 0. The van der Waals surface area contributed by atoms with Gasteiger partial charge in [-0.1, -0.05) is 0 Å². The minimum atomic E-state index is 0.638. The van der Waals surface area contributed by atoms with Crippen molar-refractivity contribution in [2.24, 2.45) is 7.05 Å². The normalized spacial score (nSPS) is 11.1. The highest BCUT2D eigenvalue weighted by Crippen LogP contribution is 2.20. The minimum absolute atomic E-state index is 0.638. The fraction of sp³-hybridized carbons (Fsp3) is 0.133. The second-order valence-electron chi connectivity index (χ2n) is 3.94. The number of aryl methyl sites for hydroxylation is 1. The summed E-state index contributed by atoms with van der Waals surface area (Å²) in [5, 5.41) is 9.24. The van der Waals surface area contributed by atoms with Crippen molar-refractivity contribution in [2.45, 2.75) is 0 Å². The summed E-state index contributed by atoms with van der Waals surface area (Å²) in [6, 6.07) is 13.6. The maximum atomic E-state index is 9.24. The molecule has 2 rings (SSSR count). The van der Waals surface area contributed by atoms with Gasteiger partial charge in [0.25, 0.3) is 0 Å². The molecule has 90 valence electrons. The number of nitriles is 1. The van der Waals surface area contributed by atoms with Crippen LogP contribution in [0.2, 0.25) is 0 Å². The number of allylic oxidation sites excluding steroid dienone is 1. The van der Waals surface area contributed by atoms with Crippen LogP contribution in [0, 0.1) is 11.3 Å². The summed E-state index contributed by atoms with van der Waals surface area (Å²) in [4.78, 5) is 0. The molecular weight excluding hydrogens is 224 g/mol. The average molecular weight is 238 g/mol. The van der Waals surface area contributed by atoms with Gasteiger partial charge in [-0.15, -0.1) is 0 Å². The van der Waals surface area contributed by atoms with Gasteiger partial charge in [0.15, 0.2) is 0 Å². The van der Waals surface area contributed by atoms with Crippen molar-refractivity contribution in [1.82, 2.24) is 4.57 Å². The molecule has 2 aromatic rings. The van der Waals surface area contributed by atoms with Gasteiger partial charge in [-0.2, -0.15) is 5.26 Å². The molecule has 0 unspecified atom stereocenters. The molecule has 0 atom stereocenters. The first-order valence-electron chi connectivity index (χ1n) is 5.62. The van der Waals surface area contributed by atoms with Gasteiger partial charge in [0, 0.05) is 18.9 Å². The van der Waals surface area contributed by atoms with Crippen LogP contribution >= 0.6 is 0 Å². The van der Waals surface area contributed by atoms with E-state index in [1.54, 1.807) is 7.11 Å². The third-order valence-corrected chi connectivity index (χ3v) is 2.80. The Kier molecular flexibility index (Phi) is 3.49. The molecule has 0 spiro atoms. The molecule has 0 amide bonds. The fourth-order valence-corrected chi connectivity index (χ4v) is 1.72. The van der Waals surface area contributed by atoms with E-state index in [1.165, 1.54) is 0 Å². The van der Waals surface area contributed by atoms with Gasteiger partial charge in [-0.25, -0.2) is 0 Å². The molecule has 0 N–H and O–H groups in total. The third-order valence-electron chi connectivity index (χ3n) is 2.80. The van der Waals surface area contributed by atoms with Gasteiger partial charge in [0.2, 0.25) is 0 Å². The molecule has 1 aromatic heterocycles. The second-order valence-corrected chi connectivity index (χ2v) is 3.94. The average Bonchev–Trinajstić information content (AvgIpc) is 2.81. The summed E-state index contributed by atoms with van der Waals surface area (Å²) in [7, 11) is 3.58. The van der Waals surface area contributed by atoms with Crippen molar-refractivity contribution in [3.8, 4) is 11.8 Å². The van der Waals surface area contributed by atoms with Crippen molar-refractivity contribution in [1.29, 1.82) is 5.26 Å². The molecule has 0 aliphatic rings. The van der Waals surface area contributed by atoms with Gasteiger partial charge in [-0.3, -0.25) is 0 Å². The van der Waals surface area contributed by atoms with Crippen LogP contribution in [0.1, 0.15) is 11.3 Å². The standard InChI is InChI=1S/C15H14N2O/c1-17-9-3-4-14(17)10-13(11-16)12-5-7-15(18-2)8-6-12/h3-10H,1-2H3/b13-10+. The van der Waals surface area contributed by atoms with Crippen LogP contribution in [-0.2, 0) is 7.05 Å². The molecule has 3 heteroatoms. The van der Waals surface area contributed by atoms with E-state index in [0.717, 1.165) is 17.0 Å². The lowest BCUT2D eigenvalue weighted by Gasteiger charge is -2.03. The molecule has 3 nitrogen and oxygen atoms in total. The van der Waals surface area contributed by atoms with Crippen LogP contribution in [0.4, 0.5) is 0 Å². The largest absolute Gasteiger partial charge is 0.497 e. The van der Waals surface area contributed by atoms with E-state index >= 15 is 0 Å². The Bertz CT molecular complexity index is 600. The van der Waals surface area contributed by atoms with Crippen molar-refractivity contribution < 1.29 is 4.74 Å². The zero-order valence-electron chi connectivity index (χ0n) is 10.4. The van der Waals surface area contributed by atoms with E-state index in [1.807, 2.05) is 60.3 Å². The number of nitrogens with zero attached hydrogens (tertiary/aromatic N) is 2. The summed E-state index contributed by atoms with van der Waals surface area (Å²) in [5.41, 5.74) is 2.53. The Hall–Kier alpha value is -2.47. The third kappa shape index (κ3) is 2.44. The van der Waals surface area contributed by atoms with E-state index in [0.29, 0.717) is 5.57 Å². The first kappa shape index (κ1) is 12.0. The van der Waals surface area contributed by atoms with Crippen LogP contribution < -0.4 is 4.74 Å². The highest BCUT2D eigenvalue weighted by atomic mass is 16.5. The first-order valence-corrected chi connectivity index (χ1v) is 5.62. The maximum Gasteiger partial charge on any atom is 0.118 e. The molecular formula is C15H14N2O. The molecule has 0 radical (unpaired) electrons. The number of rotatable bonds is 3. The van der Waals surface area contributed by atoms with Crippen LogP contribution in [0.3, 0.4) is 0 Å². The van der Waals surface area contributed by atoms with Gasteiger partial charge >= 0.3 is 0 Å². The number of benzene rings is 1. The van der Waals surface area contributed by atoms with Crippen LogP contribution in [-0.4, -0.2) is 11.7 Å². The van der Waals surface area contributed by atoms with E-state index in [2.05, 4.69) is 6.07 Å². The lowest BCUT2D eigenvalue weighted by molar-refractivity contribution is 0.415. The lowest BCUT2D eigenvalue weighted by Crippen LogP contribution is -1.89. The van der Waals surface area contributed by atoms with Gasteiger partial charge in [0.05, 0.1) is 18.8 Å². The summed E-state index contributed by atoms with van der Waals surface area (Å²) in [5.74, 6) is 0.787. The number of ether oxygens (including phenoxy) is 1. The van der Waals surface area contributed by atoms with E-state index in [-0.39, 0.29) is 0 Å². The van der Waals surface area contributed by atoms with E-state index in [9.17, 15) is 5.26 Å². The summed E-state index contributed by atoms with van der Waals surface area (Å²) < 4.78 is 7.07.